The molecule has 2 aromatic carbocycles. The molecule has 0 spiro atoms. The maximum Gasteiger partial charge on any atom is 0.286 e. The molecule has 0 fully saturated rings. The molecule has 0 radical (unpaired) electrons. The first kappa shape index (κ1) is 21.2. The van der Waals surface area contributed by atoms with E-state index >= 15 is 0 Å². The van der Waals surface area contributed by atoms with Gasteiger partial charge in [0.25, 0.3) is 5.91 Å². The number of nitrogens with zero attached hydrogens (tertiary/aromatic N) is 1. The zero-order chi connectivity index (χ0) is 21.0. The van der Waals surface area contributed by atoms with Crippen LogP contribution in [0.4, 0.5) is 0 Å². The molecule has 0 bridgehead atoms. The van der Waals surface area contributed by atoms with E-state index in [1.165, 1.54) is 14.0 Å². The number of para-hydroxylation sites is 1. The highest BCUT2D eigenvalue weighted by molar-refractivity contribution is 8.18. The van der Waals surface area contributed by atoms with Crippen molar-refractivity contribution in [3.05, 3.63) is 62.5 Å². The molecule has 1 aliphatic heterocycles. The van der Waals surface area contributed by atoms with Gasteiger partial charge in [0.15, 0.2) is 16.7 Å². The lowest BCUT2D eigenvalue weighted by Crippen LogP contribution is -2.23. The smallest absolute Gasteiger partial charge is 0.286 e. The van der Waals surface area contributed by atoms with Gasteiger partial charge in [0, 0.05) is 28.1 Å². The highest BCUT2D eigenvalue weighted by Gasteiger charge is 2.23. The van der Waals surface area contributed by atoms with Gasteiger partial charge in [0.1, 0.15) is 6.61 Å². The summed E-state index contributed by atoms with van der Waals surface area (Å²) in [5, 5.41) is 3.78. The van der Waals surface area contributed by atoms with Gasteiger partial charge in [-0.1, -0.05) is 41.4 Å². The van der Waals surface area contributed by atoms with Crippen LogP contribution < -0.4 is 14.8 Å². The molecular formula is C20H16Cl2N2O4S. The summed E-state index contributed by atoms with van der Waals surface area (Å²) in [5.74, 6) is 0.224. The van der Waals surface area contributed by atoms with Crippen molar-refractivity contribution in [2.24, 2.45) is 4.99 Å². The molecule has 3 rings (SSSR count). The number of nitrogens with one attached hydrogen (secondary N) is 1. The number of benzene rings is 2. The summed E-state index contributed by atoms with van der Waals surface area (Å²) in [4.78, 5) is 27.5. The van der Waals surface area contributed by atoms with Gasteiger partial charge in [-0.25, -0.2) is 0 Å². The fraction of sp³-hybridized carbons (Fsp3) is 0.150. The van der Waals surface area contributed by atoms with Crippen LogP contribution in [0.15, 0.2) is 46.3 Å². The minimum absolute atomic E-state index is 0.182. The summed E-state index contributed by atoms with van der Waals surface area (Å²) < 4.78 is 11.4. The molecule has 9 heteroatoms. The standard InChI is InChI=1S/C20H16Cl2N2O4S/c1-11(25)23-20-24-19(26)17(29-20)8-12-4-3-5-16(27-2)18(12)28-10-13-6-7-14(21)9-15(13)22/h3-9H,10H2,1-2H3,(H,23,24,25,26). The van der Waals surface area contributed by atoms with Gasteiger partial charge in [-0.3, -0.25) is 9.59 Å². The third kappa shape index (κ3) is 5.32. The lowest BCUT2D eigenvalue weighted by molar-refractivity contribution is -0.117. The molecule has 29 heavy (non-hydrogen) atoms. The Morgan fingerprint density at radius 3 is 2.76 bits per heavy atom. The topological polar surface area (TPSA) is 77.0 Å². The molecule has 0 saturated carbocycles. The summed E-state index contributed by atoms with van der Waals surface area (Å²) in [6.45, 7) is 1.53. The number of hydrogen-bond acceptors (Lipinski definition) is 5. The van der Waals surface area contributed by atoms with Crippen molar-refractivity contribution in [2.45, 2.75) is 13.5 Å². The average Bonchev–Trinajstić information content (AvgIpc) is 2.99. The van der Waals surface area contributed by atoms with Crippen molar-refractivity contribution < 1.29 is 19.1 Å². The maximum atomic E-state index is 12.2. The minimum Gasteiger partial charge on any atom is -0.493 e. The normalized spacial score (nSPS) is 14.7. The molecule has 1 heterocycles. The van der Waals surface area contributed by atoms with E-state index < -0.39 is 5.91 Å². The van der Waals surface area contributed by atoms with Crippen LogP contribution in [0.2, 0.25) is 10.0 Å². The Hall–Kier alpha value is -2.48. The Bertz CT molecular complexity index is 1040. The highest BCUT2D eigenvalue weighted by Crippen LogP contribution is 2.36. The molecule has 6 nitrogen and oxygen atoms in total. The van der Waals surface area contributed by atoms with Gasteiger partial charge in [-0.2, -0.15) is 4.99 Å². The Morgan fingerprint density at radius 1 is 1.28 bits per heavy atom. The Labute approximate surface area is 181 Å². The van der Waals surface area contributed by atoms with E-state index in [2.05, 4.69) is 10.3 Å². The summed E-state index contributed by atoms with van der Waals surface area (Å²) in [6, 6.07) is 10.5. The lowest BCUT2D eigenvalue weighted by Gasteiger charge is -2.14. The number of amidine groups is 1. The molecule has 150 valence electrons. The Kier molecular flexibility index (Phi) is 6.84. The number of thioether (sulfide) groups is 1. The number of hydrogen-bond donors (Lipinski definition) is 1. The Balaban J connectivity index is 1.87. The van der Waals surface area contributed by atoms with Crippen LogP contribution >= 0.6 is 35.0 Å². The SMILES string of the molecule is COc1cccc(C=C2SC(NC(C)=O)=NC2=O)c1OCc1ccc(Cl)cc1Cl. The zero-order valence-electron chi connectivity index (χ0n) is 15.5. The summed E-state index contributed by atoms with van der Waals surface area (Å²) in [7, 11) is 1.53. The Morgan fingerprint density at radius 2 is 2.07 bits per heavy atom. The third-order valence-electron chi connectivity index (χ3n) is 3.81. The second-order valence-electron chi connectivity index (χ2n) is 5.92. The number of methoxy groups -OCH3 is 1. The van der Waals surface area contributed by atoms with Crippen LogP contribution in [0.1, 0.15) is 18.1 Å². The number of carbonyl (C=O) groups is 2. The largest absolute Gasteiger partial charge is 0.493 e. The summed E-state index contributed by atoms with van der Waals surface area (Å²) in [6.07, 6.45) is 1.65. The van der Waals surface area contributed by atoms with Gasteiger partial charge < -0.3 is 14.8 Å². The van der Waals surface area contributed by atoms with E-state index in [0.29, 0.717) is 32.0 Å². The zero-order valence-corrected chi connectivity index (χ0v) is 17.8. The highest BCUT2D eigenvalue weighted by atomic mass is 35.5. The second kappa shape index (κ2) is 9.35. The van der Waals surface area contributed by atoms with Crippen LogP contribution in [-0.2, 0) is 16.2 Å². The van der Waals surface area contributed by atoms with Crippen LogP contribution in [-0.4, -0.2) is 24.1 Å². The van der Waals surface area contributed by atoms with Gasteiger partial charge >= 0.3 is 0 Å². The first-order valence-corrected chi connectivity index (χ1v) is 9.98. The molecule has 1 aliphatic rings. The fourth-order valence-corrected chi connectivity index (χ4v) is 3.82. The third-order valence-corrected chi connectivity index (χ3v) is 5.29. The van der Waals surface area contributed by atoms with E-state index in [-0.39, 0.29) is 17.7 Å². The van der Waals surface area contributed by atoms with Crippen LogP contribution in [0, 0.1) is 0 Å². The van der Waals surface area contributed by atoms with Crippen molar-refractivity contribution in [3.8, 4) is 11.5 Å². The molecule has 2 amide bonds. The number of carbonyl (C=O) groups excluding carboxylic acids is 2. The quantitative estimate of drug-likeness (QED) is 0.668. The van der Waals surface area contributed by atoms with Crippen LogP contribution in [0.5, 0.6) is 11.5 Å². The van der Waals surface area contributed by atoms with Gasteiger partial charge in [0.05, 0.1) is 12.0 Å². The van der Waals surface area contributed by atoms with E-state index in [9.17, 15) is 9.59 Å². The van der Waals surface area contributed by atoms with Gasteiger partial charge in [0.2, 0.25) is 5.91 Å². The lowest BCUT2D eigenvalue weighted by atomic mass is 10.1. The molecule has 0 aromatic heterocycles. The molecule has 0 unspecified atom stereocenters. The first-order chi connectivity index (χ1) is 13.9. The second-order valence-corrected chi connectivity index (χ2v) is 7.79. The molecule has 0 atom stereocenters. The van der Waals surface area contributed by atoms with E-state index in [4.69, 9.17) is 32.7 Å². The molecule has 0 saturated heterocycles. The average molecular weight is 451 g/mol. The molecule has 0 aliphatic carbocycles. The van der Waals surface area contributed by atoms with Crippen LogP contribution in [0.25, 0.3) is 6.08 Å². The number of aliphatic imine (C=N–C) groups is 1. The number of ether oxygens (including phenoxy) is 2. The molecule has 1 N–H and O–H groups in total. The van der Waals surface area contributed by atoms with Crippen molar-refractivity contribution >= 4 is 58.0 Å². The summed E-state index contributed by atoms with van der Waals surface area (Å²) in [5.41, 5.74) is 1.38. The van der Waals surface area contributed by atoms with E-state index in [1.54, 1.807) is 42.5 Å². The molecular weight excluding hydrogens is 435 g/mol. The van der Waals surface area contributed by atoms with E-state index in [0.717, 1.165) is 17.3 Å². The predicted molar refractivity (Wildman–Crippen MR) is 116 cm³/mol. The van der Waals surface area contributed by atoms with Crippen molar-refractivity contribution in [3.63, 3.8) is 0 Å². The van der Waals surface area contributed by atoms with Crippen molar-refractivity contribution in [1.82, 2.24) is 5.32 Å². The number of halogens is 2. The van der Waals surface area contributed by atoms with Crippen molar-refractivity contribution in [1.29, 1.82) is 0 Å². The predicted octanol–water partition coefficient (Wildman–Crippen LogP) is 4.69. The van der Waals surface area contributed by atoms with Gasteiger partial charge in [-0.15, -0.1) is 0 Å². The van der Waals surface area contributed by atoms with Gasteiger partial charge in [-0.05, 0) is 36.0 Å². The van der Waals surface area contributed by atoms with Crippen molar-refractivity contribution in [2.75, 3.05) is 7.11 Å². The summed E-state index contributed by atoms with van der Waals surface area (Å²) >= 11 is 13.2. The minimum atomic E-state index is -0.437. The van der Waals surface area contributed by atoms with E-state index in [1.807, 2.05) is 0 Å². The molecule has 2 aromatic rings. The fourth-order valence-electron chi connectivity index (χ4n) is 2.50. The number of amides is 2. The van der Waals surface area contributed by atoms with Crippen LogP contribution in [0.3, 0.4) is 0 Å². The number of rotatable bonds is 5. The first-order valence-electron chi connectivity index (χ1n) is 8.41. The maximum absolute atomic E-state index is 12.2. The monoisotopic (exact) mass is 450 g/mol.